The van der Waals surface area contributed by atoms with Crippen LogP contribution in [0.4, 0.5) is 5.00 Å². The van der Waals surface area contributed by atoms with Gasteiger partial charge in [-0.2, -0.15) is 0 Å². The Morgan fingerprint density at radius 3 is 2.63 bits per heavy atom. The lowest BCUT2D eigenvalue weighted by Crippen LogP contribution is -2.30. The zero-order valence-electron chi connectivity index (χ0n) is 16.6. The molecule has 1 unspecified atom stereocenters. The first-order chi connectivity index (χ1) is 14.5. The molecule has 1 amide bonds. The quantitative estimate of drug-likeness (QED) is 0.482. The van der Waals surface area contributed by atoms with Gasteiger partial charge in [-0.15, -0.1) is 11.3 Å². The van der Waals surface area contributed by atoms with E-state index in [0.29, 0.717) is 26.7 Å². The van der Waals surface area contributed by atoms with Crippen molar-refractivity contribution in [2.24, 2.45) is 0 Å². The number of nitrogens with one attached hydrogen (secondary N) is 2. The number of nitrogens with zero attached hydrogens (tertiary/aromatic N) is 1. The number of anilines is 1. The van der Waals surface area contributed by atoms with E-state index in [1.54, 1.807) is 24.6 Å². The van der Waals surface area contributed by atoms with Crippen LogP contribution in [-0.4, -0.2) is 30.0 Å². The van der Waals surface area contributed by atoms with Crippen molar-refractivity contribution in [2.75, 3.05) is 18.5 Å². The lowest BCUT2D eigenvalue weighted by molar-refractivity contribution is -0.115. The van der Waals surface area contributed by atoms with Crippen molar-refractivity contribution >= 4 is 39.8 Å². The van der Waals surface area contributed by atoms with E-state index < -0.39 is 5.97 Å². The summed E-state index contributed by atoms with van der Waals surface area (Å²) >= 11 is 7.58. The van der Waals surface area contributed by atoms with Crippen molar-refractivity contribution < 1.29 is 14.3 Å². The minimum Gasteiger partial charge on any atom is -0.462 e. The van der Waals surface area contributed by atoms with Crippen LogP contribution in [0.5, 0.6) is 0 Å². The Kier molecular flexibility index (Phi) is 7.57. The molecule has 0 spiro atoms. The van der Waals surface area contributed by atoms with E-state index in [2.05, 4.69) is 15.6 Å². The highest BCUT2D eigenvalue weighted by atomic mass is 35.5. The maximum atomic E-state index is 12.6. The summed E-state index contributed by atoms with van der Waals surface area (Å²) in [5.41, 5.74) is 2.49. The van der Waals surface area contributed by atoms with E-state index in [9.17, 15) is 9.59 Å². The third-order valence-electron chi connectivity index (χ3n) is 4.39. The average molecular weight is 444 g/mol. The maximum absolute atomic E-state index is 12.6. The van der Waals surface area contributed by atoms with Gasteiger partial charge in [-0.1, -0.05) is 35.9 Å². The fraction of sp³-hybridized carbons (Fsp3) is 0.227. The molecule has 0 fully saturated rings. The minimum atomic E-state index is -0.501. The van der Waals surface area contributed by atoms with E-state index in [1.165, 1.54) is 11.3 Å². The molecule has 1 atom stereocenters. The van der Waals surface area contributed by atoms with Gasteiger partial charge in [0, 0.05) is 33.8 Å². The van der Waals surface area contributed by atoms with Crippen LogP contribution in [0.2, 0.25) is 5.02 Å². The number of carbonyl (C=O) groups is 2. The molecule has 0 radical (unpaired) electrons. The third kappa shape index (κ3) is 5.24. The predicted octanol–water partition coefficient (Wildman–Crippen LogP) is 4.93. The number of hydrogen-bond donors (Lipinski definition) is 2. The van der Waals surface area contributed by atoms with Crippen molar-refractivity contribution in [3.05, 3.63) is 70.3 Å². The molecule has 0 aliphatic heterocycles. The highest BCUT2D eigenvalue weighted by Crippen LogP contribution is 2.39. The first kappa shape index (κ1) is 22.0. The number of benzene rings is 1. The van der Waals surface area contributed by atoms with Crippen molar-refractivity contribution in [1.82, 2.24) is 10.3 Å². The molecule has 1 aromatic carbocycles. The van der Waals surface area contributed by atoms with Crippen LogP contribution in [0, 0.1) is 0 Å². The van der Waals surface area contributed by atoms with Gasteiger partial charge in [-0.05, 0) is 32.0 Å². The summed E-state index contributed by atoms with van der Waals surface area (Å²) in [6, 6.07) is 12.8. The van der Waals surface area contributed by atoms with Crippen molar-refractivity contribution in [3.63, 3.8) is 0 Å². The number of esters is 1. The third-order valence-corrected chi connectivity index (χ3v) is 5.61. The Balaban J connectivity index is 1.77. The number of thiophene rings is 1. The number of rotatable bonds is 8. The topological polar surface area (TPSA) is 80.3 Å². The first-order valence-corrected chi connectivity index (χ1v) is 10.7. The Morgan fingerprint density at radius 2 is 1.93 bits per heavy atom. The first-order valence-electron chi connectivity index (χ1n) is 9.49. The second kappa shape index (κ2) is 10.3. The highest BCUT2D eigenvalue weighted by molar-refractivity contribution is 7.15. The molecule has 8 heteroatoms. The fourth-order valence-corrected chi connectivity index (χ4v) is 4.09. The predicted molar refractivity (Wildman–Crippen MR) is 120 cm³/mol. The second-order valence-corrected chi connectivity index (χ2v) is 7.75. The summed E-state index contributed by atoms with van der Waals surface area (Å²) in [6.45, 7) is 3.97. The standard InChI is InChI=1S/C22H22ClN3O3S/c1-3-29-22(28)20-16(15-8-4-5-9-17(15)23)13-30-21(20)26-19(27)12-25-14(2)18-10-6-7-11-24-18/h4-11,13-14,25H,3,12H2,1-2H3,(H,26,27). The number of halogens is 1. The van der Waals surface area contributed by atoms with Crippen molar-refractivity contribution in [2.45, 2.75) is 19.9 Å². The number of pyridine rings is 1. The Morgan fingerprint density at radius 1 is 1.17 bits per heavy atom. The van der Waals surface area contributed by atoms with Crippen LogP contribution < -0.4 is 10.6 Å². The van der Waals surface area contributed by atoms with Gasteiger partial charge in [-0.3, -0.25) is 9.78 Å². The zero-order chi connectivity index (χ0) is 21.5. The second-order valence-electron chi connectivity index (χ2n) is 6.46. The molecular formula is C22H22ClN3O3S. The van der Waals surface area contributed by atoms with Crippen LogP contribution in [0.3, 0.4) is 0 Å². The summed E-state index contributed by atoms with van der Waals surface area (Å²) in [6.07, 6.45) is 1.71. The van der Waals surface area contributed by atoms with Crippen molar-refractivity contribution in [1.29, 1.82) is 0 Å². The van der Waals surface area contributed by atoms with Gasteiger partial charge in [-0.25, -0.2) is 4.79 Å². The number of carbonyl (C=O) groups excluding carboxylic acids is 2. The Hall–Kier alpha value is -2.74. The van der Waals surface area contributed by atoms with Gasteiger partial charge < -0.3 is 15.4 Å². The summed E-state index contributed by atoms with van der Waals surface area (Å²) in [4.78, 5) is 29.4. The normalized spacial score (nSPS) is 11.7. The van der Waals surface area contributed by atoms with E-state index in [4.69, 9.17) is 16.3 Å². The summed E-state index contributed by atoms with van der Waals surface area (Å²) in [5, 5.41) is 8.70. The average Bonchev–Trinajstić information content (AvgIpc) is 3.16. The van der Waals surface area contributed by atoms with Gasteiger partial charge in [0.25, 0.3) is 0 Å². The molecule has 0 aliphatic carbocycles. The number of hydrogen-bond acceptors (Lipinski definition) is 6. The lowest BCUT2D eigenvalue weighted by atomic mass is 10.0. The Bertz CT molecular complexity index is 1020. The van der Waals surface area contributed by atoms with Gasteiger partial charge in [0.1, 0.15) is 10.6 Å². The van der Waals surface area contributed by atoms with E-state index >= 15 is 0 Å². The summed E-state index contributed by atoms with van der Waals surface area (Å²) in [7, 11) is 0. The van der Waals surface area contributed by atoms with Crippen LogP contribution in [-0.2, 0) is 9.53 Å². The Labute approximate surface area is 184 Å². The van der Waals surface area contributed by atoms with E-state index in [-0.39, 0.29) is 25.1 Å². The molecular weight excluding hydrogens is 422 g/mol. The molecule has 156 valence electrons. The van der Waals surface area contributed by atoms with E-state index in [1.807, 2.05) is 43.3 Å². The van der Waals surface area contributed by atoms with Gasteiger partial charge in [0.2, 0.25) is 5.91 Å². The minimum absolute atomic E-state index is 0.0688. The molecule has 2 N–H and O–H groups in total. The van der Waals surface area contributed by atoms with Crippen LogP contribution in [0.25, 0.3) is 11.1 Å². The maximum Gasteiger partial charge on any atom is 0.341 e. The molecule has 3 rings (SSSR count). The lowest BCUT2D eigenvalue weighted by Gasteiger charge is -2.13. The largest absolute Gasteiger partial charge is 0.462 e. The van der Waals surface area contributed by atoms with Gasteiger partial charge in [0.15, 0.2) is 0 Å². The molecule has 2 heterocycles. The van der Waals surface area contributed by atoms with Crippen LogP contribution in [0.15, 0.2) is 54.0 Å². The van der Waals surface area contributed by atoms with Gasteiger partial charge >= 0.3 is 5.97 Å². The molecule has 0 saturated carbocycles. The number of ether oxygens (including phenoxy) is 1. The summed E-state index contributed by atoms with van der Waals surface area (Å²) < 4.78 is 5.22. The van der Waals surface area contributed by atoms with E-state index in [0.717, 1.165) is 5.69 Å². The molecule has 0 saturated heterocycles. The summed E-state index contributed by atoms with van der Waals surface area (Å²) in [5.74, 6) is -0.769. The zero-order valence-corrected chi connectivity index (χ0v) is 18.2. The molecule has 0 aliphatic rings. The van der Waals surface area contributed by atoms with Crippen LogP contribution in [0.1, 0.15) is 35.9 Å². The SMILES string of the molecule is CCOC(=O)c1c(-c2ccccc2Cl)csc1NC(=O)CNC(C)c1ccccn1. The highest BCUT2D eigenvalue weighted by Gasteiger charge is 2.24. The molecule has 6 nitrogen and oxygen atoms in total. The smallest absolute Gasteiger partial charge is 0.341 e. The molecule has 0 bridgehead atoms. The monoisotopic (exact) mass is 443 g/mol. The molecule has 2 aromatic heterocycles. The number of amides is 1. The van der Waals surface area contributed by atoms with Crippen molar-refractivity contribution in [3.8, 4) is 11.1 Å². The molecule has 3 aromatic rings. The molecule has 30 heavy (non-hydrogen) atoms. The van der Waals surface area contributed by atoms with Crippen LogP contribution >= 0.6 is 22.9 Å². The fourth-order valence-electron chi connectivity index (χ4n) is 2.89. The number of aromatic nitrogens is 1. The van der Waals surface area contributed by atoms with Gasteiger partial charge in [0.05, 0.1) is 18.8 Å².